The largest absolute Gasteiger partial charge is 0.334 e. The second kappa shape index (κ2) is 6.15. The van der Waals surface area contributed by atoms with E-state index in [9.17, 15) is 4.79 Å². The Balaban J connectivity index is 1.53. The van der Waals surface area contributed by atoms with Gasteiger partial charge in [0.05, 0.1) is 6.54 Å². The van der Waals surface area contributed by atoms with Gasteiger partial charge < -0.3 is 10.2 Å². The van der Waals surface area contributed by atoms with E-state index in [2.05, 4.69) is 5.32 Å². The third-order valence-electron chi connectivity index (χ3n) is 3.98. The lowest BCUT2D eigenvalue weighted by Gasteiger charge is -2.23. The number of carbonyl (C=O) groups excluding carboxylic acids is 1. The average Bonchev–Trinajstić information content (AvgIpc) is 3.31. The molecule has 0 atom stereocenters. The highest BCUT2D eigenvalue weighted by Crippen LogP contribution is 2.29. The van der Waals surface area contributed by atoms with Crippen molar-refractivity contribution in [3.8, 4) is 0 Å². The zero-order chi connectivity index (χ0) is 13.9. The summed E-state index contributed by atoms with van der Waals surface area (Å²) in [5.74, 6) is 1.04. The first kappa shape index (κ1) is 13.9. The van der Waals surface area contributed by atoms with Crippen molar-refractivity contribution in [2.24, 2.45) is 5.92 Å². The van der Waals surface area contributed by atoms with E-state index in [1.54, 1.807) is 0 Å². The Kier molecular flexibility index (Phi) is 4.27. The van der Waals surface area contributed by atoms with Gasteiger partial charge in [-0.1, -0.05) is 23.7 Å². The monoisotopic (exact) mass is 292 g/mol. The van der Waals surface area contributed by atoms with E-state index < -0.39 is 0 Å². The highest BCUT2D eigenvalue weighted by Gasteiger charge is 2.32. The Hall–Kier alpha value is -1.06. The lowest BCUT2D eigenvalue weighted by Crippen LogP contribution is -2.39. The van der Waals surface area contributed by atoms with Crippen molar-refractivity contribution in [1.82, 2.24) is 10.2 Å². The van der Waals surface area contributed by atoms with Crippen molar-refractivity contribution in [3.63, 3.8) is 0 Å². The van der Waals surface area contributed by atoms with Gasteiger partial charge in [0.2, 0.25) is 5.91 Å². The van der Waals surface area contributed by atoms with E-state index in [-0.39, 0.29) is 5.91 Å². The predicted octanol–water partition coefficient (Wildman–Crippen LogP) is 2.83. The van der Waals surface area contributed by atoms with Gasteiger partial charge in [0.1, 0.15) is 0 Å². The molecule has 108 valence electrons. The summed E-state index contributed by atoms with van der Waals surface area (Å²) in [6, 6.07) is 8.22. The van der Waals surface area contributed by atoms with Crippen LogP contribution < -0.4 is 5.32 Å². The summed E-state index contributed by atoms with van der Waals surface area (Å²) in [7, 11) is 0. The van der Waals surface area contributed by atoms with E-state index in [0.717, 1.165) is 35.9 Å². The molecule has 3 rings (SSSR count). The Morgan fingerprint density at radius 2 is 1.90 bits per heavy atom. The van der Waals surface area contributed by atoms with Crippen molar-refractivity contribution in [2.45, 2.75) is 38.3 Å². The summed E-state index contributed by atoms with van der Waals surface area (Å²) >= 11 is 5.90. The predicted molar refractivity (Wildman–Crippen MR) is 80.6 cm³/mol. The van der Waals surface area contributed by atoms with Crippen molar-refractivity contribution >= 4 is 17.5 Å². The third kappa shape index (κ3) is 3.97. The molecule has 0 unspecified atom stereocenters. The Labute approximate surface area is 125 Å². The minimum Gasteiger partial charge on any atom is -0.334 e. The summed E-state index contributed by atoms with van der Waals surface area (Å²) in [6.45, 7) is 2.16. The summed E-state index contributed by atoms with van der Waals surface area (Å²) in [4.78, 5) is 14.4. The molecule has 0 heterocycles. The van der Waals surface area contributed by atoms with Gasteiger partial charge in [-0.25, -0.2) is 0 Å². The van der Waals surface area contributed by atoms with Gasteiger partial charge >= 0.3 is 0 Å². The average molecular weight is 293 g/mol. The molecule has 4 heteroatoms. The SMILES string of the molecule is O=C(CNCC1CC1)N(Cc1ccc(Cl)cc1)C1CC1. The normalized spacial score (nSPS) is 18.1. The lowest BCUT2D eigenvalue weighted by atomic mass is 10.2. The number of nitrogens with zero attached hydrogens (tertiary/aromatic N) is 1. The van der Waals surface area contributed by atoms with Crippen molar-refractivity contribution < 1.29 is 4.79 Å². The van der Waals surface area contributed by atoms with Crippen molar-refractivity contribution in [3.05, 3.63) is 34.9 Å². The molecule has 0 saturated heterocycles. The number of halogens is 1. The van der Waals surface area contributed by atoms with Crippen LogP contribution in [0.3, 0.4) is 0 Å². The molecule has 1 amide bonds. The van der Waals surface area contributed by atoms with Crippen LogP contribution in [-0.2, 0) is 11.3 Å². The molecular weight excluding hydrogens is 272 g/mol. The first-order chi connectivity index (χ1) is 9.72. The molecule has 2 aliphatic carbocycles. The van der Waals surface area contributed by atoms with E-state index in [4.69, 9.17) is 11.6 Å². The van der Waals surface area contributed by atoms with Gasteiger partial charge in [0.15, 0.2) is 0 Å². The van der Waals surface area contributed by atoms with Crippen molar-refractivity contribution in [2.75, 3.05) is 13.1 Å². The molecule has 1 aromatic carbocycles. The third-order valence-corrected chi connectivity index (χ3v) is 4.23. The van der Waals surface area contributed by atoms with Gasteiger partial charge in [-0.15, -0.1) is 0 Å². The molecule has 0 aromatic heterocycles. The molecule has 0 bridgehead atoms. The number of nitrogens with one attached hydrogen (secondary N) is 1. The maximum absolute atomic E-state index is 12.3. The maximum atomic E-state index is 12.3. The summed E-state index contributed by atoms with van der Waals surface area (Å²) < 4.78 is 0. The molecule has 3 nitrogen and oxygen atoms in total. The Bertz CT molecular complexity index is 466. The van der Waals surface area contributed by atoms with Gasteiger partial charge in [-0.3, -0.25) is 4.79 Å². The fourth-order valence-corrected chi connectivity index (χ4v) is 2.53. The molecule has 20 heavy (non-hydrogen) atoms. The zero-order valence-corrected chi connectivity index (χ0v) is 12.4. The summed E-state index contributed by atoms with van der Waals surface area (Å²) in [6.07, 6.45) is 4.92. The number of amides is 1. The first-order valence-corrected chi connectivity index (χ1v) is 7.85. The topological polar surface area (TPSA) is 32.3 Å². The van der Waals surface area contributed by atoms with Crippen LogP contribution in [0.5, 0.6) is 0 Å². The molecule has 2 saturated carbocycles. The maximum Gasteiger partial charge on any atom is 0.237 e. The quantitative estimate of drug-likeness (QED) is 0.838. The second-order valence-corrected chi connectivity index (χ2v) is 6.39. The van der Waals surface area contributed by atoms with Gasteiger partial charge in [-0.2, -0.15) is 0 Å². The molecule has 2 fully saturated rings. The summed E-state index contributed by atoms with van der Waals surface area (Å²) in [5, 5.41) is 4.03. The molecule has 2 aliphatic rings. The zero-order valence-electron chi connectivity index (χ0n) is 11.6. The molecule has 0 radical (unpaired) electrons. The van der Waals surface area contributed by atoms with Gasteiger partial charge in [0.25, 0.3) is 0 Å². The molecule has 0 spiro atoms. The second-order valence-electron chi connectivity index (χ2n) is 5.95. The number of carbonyl (C=O) groups is 1. The van der Waals surface area contributed by atoms with Crippen LogP contribution in [0.25, 0.3) is 0 Å². The fraction of sp³-hybridized carbons (Fsp3) is 0.562. The van der Waals surface area contributed by atoms with Gasteiger partial charge in [0, 0.05) is 17.6 Å². The number of hydrogen-bond donors (Lipinski definition) is 1. The van der Waals surface area contributed by atoms with E-state index in [1.807, 2.05) is 29.2 Å². The molecule has 0 aliphatic heterocycles. The fourth-order valence-electron chi connectivity index (χ4n) is 2.40. The Morgan fingerprint density at radius 3 is 2.50 bits per heavy atom. The standard InChI is InChI=1S/C16H21ClN2O/c17-14-5-3-13(4-6-14)11-19(15-7-8-15)16(20)10-18-9-12-1-2-12/h3-6,12,15,18H,1-2,7-11H2. The minimum atomic E-state index is 0.225. The van der Waals surface area contributed by atoms with E-state index >= 15 is 0 Å². The van der Waals surface area contributed by atoms with E-state index in [1.165, 1.54) is 12.8 Å². The number of hydrogen-bond acceptors (Lipinski definition) is 2. The summed E-state index contributed by atoms with van der Waals surface area (Å²) in [5.41, 5.74) is 1.15. The highest BCUT2D eigenvalue weighted by atomic mass is 35.5. The van der Waals surface area contributed by atoms with Crippen LogP contribution in [0, 0.1) is 5.92 Å². The van der Waals surface area contributed by atoms with Crippen molar-refractivity contribution in [1.29, 1.82) is 0 Å². The van der Waals surface area contributed by atoms with Crippen LogP contribution in [0.1, 0.15) is 31.2 Å². The molecule has 1 N–H and O–H groups in total. The lowest BCUT2D eigenvalue weighted by molar-refractivity contribution is -0.131. The molecule has 1 aromatic rings. The smallest absolute Gasteiger partial charge is 0.237 e. The molecular formula is C16H21ClN2O. The van der Waals surface area contributed by atoms with E-state index in [0.29, 0.717) is 19.1 Å². The first-order valence-electron chi connectivity index (χ1n) is 7.47. The van der Waals surface area contributed by atoms with Crippen LogP contribution in [0.2, 0.25) is 5.02 Å². The Morgan fingerprint density at radius 1 is 1.20 bits per heavy atom. The minimum absolute atomic E-state index is 0.225. The number of benzene rings is 1. The van der Waals surface area contributed by atoms with Crippen LogP contribution in [0.4, 0.5) is 0 Å². The van der Waals surface area contributed by atoms with Crippen LogP contribution >= 0.6 is 11.6 Å². The highest BCUT2D eigenvalue weighted by molar-refractivity contribution is 6.30. The van der Waals surface area contributed by atoms with Crippen LogP contribution in [-0.4, -0.2) is 29.9 Å². The van der Waals surface area contributed by atoms with Gasteiger partial charge in [-0.05, 0) is 55.8 Å². The van der Waals surface area contributed by atoms with Crippen LogP contribution in [0.15, 0.2) is 24.3 Å². The number of rotatable bonds is 7.